The van der Waals surface area contributed by atoms with Crippen molar-refractivity contribution in [3.63, 3.8) is 0 Å². The smallest absolute Gasteiger partial charge is 0.493 e. The van der Waals surface area contributed by atoms with Crippen LogP contribution in [0, 0.1) is 0 Å². The second-order valence-corrected chi connectivity index (χ2v) is 7.43. The largest absolute Gasteiger partial charge is 0.534 e. The normalized spacial score (nSPS) is 12.2. The maximum Gasteiger partial charge on any atom is 0.534 e. The molecule has 0 unspecified atom stereocenters. The van der Waals surface area contributed by atoms with Gasteiger partial charge in [0.2, 0.25) is 5.91 Å². The highest BCUT2D eigenvalue weighted by atomic mass is 32.2. The summed E-state index contributed by atoms with van der Waals surface area (Å²) >= 11 is 1.22. The lowest BCUT2D eigenvalue weighted by atomic mass is 10.1. The Morgan fingerprint density at radius 2 is 1.96 bits per heavy atom. The minimum absolute atomic E-state index is 0.139. The highest BCUT2D eigenvalue weighted by Gasteiger charge is 2.49. The molecule has 0 fully saturated rings. The number of carbonyl (C=O) groups is 1. The molecule has 0 aliphatic carbocycles. The standard InChI is InChI=1S/C14H14F3NO5S2/c1-8(19)18-4-3-9-7-24-13-6-12(11(22-2)5-10(9)13)23-25(20,21)14(15,16)17/h5-7H,3-4H2,1-2H3,(H,18,19). The number of amides is 1. The number of fused-ring (bicyclic) bond motifs is 1. The van der Waals surface area contributed by atoms with Crippen molar-refractivity contribution < 1.29 is 35.3 Å². The molecule has 0 aliphatic rings. The van der Waals surface area contributed by atoms with Crippen LogP contribution in [-0.2, 0) is 21.3 Å². The zero-order valence-electron chi connectivity index (χ0n) is 13.1. The molecule has 2 rings (SSSR count). The Morgan fingerprint density at radius 1 is 1.28 bits per heavy atom. The van der Waals surface area contributed by atoms with E-state index in [4.69, 9.17) is 4.74 Å². The Hall–Kier alpha value is -2.01. The SMILES string of the molecule is COc1cc2c(CCNC(C)=O)csc2cc1OS(=O)(=O)C(F)(F)F. The molecule has 1 aromatic heterocycles. The molecule has 11 heteroatoms. The lowest BCUT2D eigenvalue weighted by Gasteiger charge is -2.12. The minimum atomic E-state index is -5.79. The molecule has 0 bridgehead atoms. The lowest BCUT2D eigenvalue weighted by Crippen LogP contribution is -2.28. The van der Waals surface area contributed by atoms with Crippen LogP contribution in [0.15, 0.2) is 17.5 Å². The number of halogens is 3. The number of thiophene rings is 1. The first-order chi connectivity index (χ1) is 11.5. The quantitative estimate of drug-likeness (QED) is 0.599. The number of benzene rings is 1. The van der Waals surface area contributed by atoms with Crippen LogP contribution in [0.25, 0.3) is 10.1 Å². The van der Waals surface area contributed by atoms with E-state index in [-0.39, 0.29) is 11.7 Å². The third kappa shape index (κ3) is 4.34. The second kappa shape index (κ2) is 7.08. The van der Waals surface area contributed by atoms with Gasteiger partial charge in [-0.3, -0.25) is 4.79 Å². The van der Waals surface area contributed by atoms with Gasteiger partial charge in [-0.25, -0.2) is 0 Å². The summed E-state index contributed by atoms with van der Waals surface area (Å²) in [5.74, 6) is -0.854. The number of carbonyl (C=O) groups excluding carboxylic acids is 1. The first-order valence-corrected chi connectivity index (χ1v) is 9.17. The molecule has 0 saturated heterocycles. The van der Waals surface area contributed by atoms with Crippen molar-refractivity contribution in [2.75, 3.05) is 13.7 Å². The molecule has 1 aromatic carbocycles. The average Bonchev–Trinajstić information content (AvgIpc) is 2.86. The van der Waals surface area contributed by atoms with E-state index in [9.17, 15) is 26.4 Å². The summed E-state index contributed by atoms with van der Waals surface area (Å²) in [4.78, 5) is 10.9. The first kappa shape index (κ1) is 19.3. The van der Waals surface area contributed by atoms with Gasteiger partial charge in [0.25, 0.3) is 0 Å². The van der Waals surface area contributed by atoms with E-state index >= 15 is 0 Å². The number of hydrogen-bond acceptors (Lipinski definition) is 6. The summed E-state index contributed by atoms with van der Waals surface area (Å²) in [6.07, 6.45) is 0.504. The van der Waals surface area contributed by atoms with Crippen LogP contribution in [0.2, 0.25) is 0 Å². The highest BCUT2D eigenvalue weighted by Crippen LogP contribution is 2.39. The minimum Gasteiger partial charge on any atom is -0.493 e. The van der Waals surface area contributed by atoms with Crippen molar-refractivity contribution in [1.29, 1.82) is 0 Å². The number of alkyl halides is 3. The van der Waals surface area contributed by atoms with E-state index < -0.39 is 21.4 Å². The van der Waals surface area contributed by atoms with Crippen molar-refractivity contribution in [1.82, 2.24) is 5.32 Å². The summed E-state index contributed by atoms with van der Waals surface area (Å²) in [5, 5.41) is 5.10. The predicted molar refractivity (Wildman–Crippen MR) is 86.4 cm³/mol. The summed E-state index contributed by atoms with van der Waals surface area (Å²) in [6, 6.07) is 2.60. The van der Waals surface area contributed by atoms with E-state index in [1.165, 1.54) is 37.5 Å². The van der Waals surface area contributed by atoms with E-state index in [2.05, 4.69) is 9.50 Å². The van der Waals surface area contributed by atoms with Crippen molar-refractivity contribution in [2.24, 2.45) is 0 Å². The summed E-state index contributed by atoms with van der Waals surface area (Å²) in [7, 11) is -4.60. The molecule has 1 amide bonds. The summed E-state index contributed by atoms with van der Waals surface area (Å²) in [5.41, 5.74) is -4.69. The van der Waals surface area contributed by atoms with Gasteiger partial charge in [-0.2, -0.15) is 21.6 Å². The monoisotopic (exact) mass is 397 g/mol. The van der Waals surface area contributed by atoms with Crippen LogP contribution in [0.4, 0.5) is 13.2 Å². The van der Waals surface area contributed by atoms with Crippen LogP contribution in [0.3, 0.4) is 0 Å². The Balaban J connectivity index is 2.37. The third-order valence-electron chi connectivity index (χ3n) is 3.19. The fraction of sp³-hybridized carbons (Fsp3) is 0.357. The molecule has 6 nitrogen and oxygen atoms in total. The van der Waals surface area contributed by atoms with Gasteiger partial charge < -0.3 is 14.2 Å². The number of ether oxygens (including phenoxy) is 1. The molecule has 0 spiro atoms. The van der Waals surface area contributed by atoms with Gasteiger partial charge >= 0.3 is 15.6 Å². The second-order valence-electron chi connectivity index (χ2n) is 4.98. The molecular formula is C14H14F3NO5S2. The molecule has 2 aromatic rings. The maximum absolute atomic E-state index is 12.5. The van der Waals surface area contributed by atoms with E-state index in [1.807, 2.05) is 0 Å². The van der Waals surface area contributed by atoms with Gasteiger partial charge in [0.15, 0.2) is 11.5 Å². The fourth-order valence-electron chi connectivity index (χ4n) is 2.04. The van der Waals surface area contributed by atoms with Gasteiger partial charge in [-0.15, -0.1) is 11.3 Å². The molecule has 0 saturated carbocycles. The topological polar surface area (TPSA) is 81.7 Å². The van der Waals surface area contributed by atoms with Gasteiger partial charge in [-0.1, -0.05) is 0 Å². The van der Waals surface area contributed by atoms with Crippen molar-refractivity contribution >= 4 is 37.4 Å². The number of hydrogen-bond donors (Lipinski definition) is 1. The number of rotatable bonds is 6. The van der Waals surface area contributed by atoms with E-state index in [0.717, 1.165) is 5.56 Å². The van der Waals surface area contributed by atoms with Crippen LogP contribution in [0.1, 0.15) is 12.5 Å². The molecule has 25 heavy (non-hydrogen) atoms. The summed E-state index contributed by atoms with van der Waals surface area (Å²) < 4.78 is 69.5. The summed E-state index contributed by atoms with van der Waals surface area (Å²) in [6.45, 7) is 1.78. The number of methoxy groups -OCH3 is 1. The van der Waals surface area contributed by atoms with Gasteiger partial charge in [0.05, 0.1) is 7.11 Å². The lowest BCUT2D eigenvalue weighted by molar-refractivity contribution is -0.118. The molecule has 0 radical (unpaired) electrons. The molecule has 1 N–H and O–H groups in total. The Bertz CT molecular complexity index is 890. The van der Waals surface area contributed by atoms with Gasteiger partial charge in [0, 0.05) is 24.2 Å². The highest BCUT2D eigenvalue weighted by molar-refractivity contribution is 7.88. The van der Waals surface area contributed by atoms with E-state index in [0.29, 0.717) is 23.1 Å². The van der Waals surface area contributed by atoms with Crippen LogP contribution in [-0.4, -0.2) is 33.5 Å². The Morgan fingerprint density at radius 3 is 2.52 bits per heavy atom. The fourth-order valence-corrected chi connectivity index (χ4v) is 3.51. The Kier molecular flexibility index (Phi) is 5.47. The van der Waals surface area contributed by atoms with Crippen molar-refractivity contribution in [3.05, 3.63) is 23.1 Å². The van der Waals surface area contributed by atoms with Gasteiger partial charge in [-0.05, 0) is 28.8 Å². The molecule has 0 atom stereocenters. The average molecular weight is 397 g/mol. The van der Waals surface area contributed by atoms with Gasteiger partial charge in [0.1, 0.15) is 0 Å². The van der Waals surface area contributed by atoms with Crippen molar-refractivity contribution in [3.8, 4) is 11.5 Å². The van der Waals surface area contributed by atoms with Crippen LogP contribution in [0.5, 0.6) is 11.5 Å². The maximum atomic E-state index is 12.5. The molecule has 138 valence electrons. The third-order valence-corrected chi connectivity index (χ3v) is 5.15. The molecule has 0 aliphatic heterocycles. The first-order valence-electron chi connectivity index (χ1n) is 6.88. The molecule has 1 heterocycles. The predicted octanol–water partition coefficient (Wildman–Crippen LogP) is 2.82. The Labute approximate surface area is 145 Å². The number of nitrogens with one attached hydrogen (secondary N) is 1. The van der Waals surface area contributed by atoms with Crippen LogP contribution < -0.4 is 14.2 Å². The molecular weight excluding hydrogens is 383 g/mol. The van der Waals surface area contributed by atoms with Crippen molar-refractivity contribution in [2.45, 2.75) is 18.9 Å². The zero-order chi connectivity index (χ0) is 18.8. The van der Waals surface area contributed by atoms with E-state index in [1.54, 1.807) is 5.38 Å². The zero-order valence-corrected chi connectivity index (χ0v) is 14.8. The van der Waals surface area contributed by atoms with Crippen LogP contribution >= 0.6 is 11.3 Å².